The van der Waals surface area contributed by atoms with Gasteiger partial charge in [-0.1, -0.05) is 31.2 Å². The van der Waals surface area contributed by atoms with Gasteiger partial charge in [-0.15, -0.1) is 0 Å². The van der Waals surface area contributed by atoms with Crippen molar-refractivity contribution in [2.24, 2.45) is 0 Å². The number of hydrogen-bond donors (Lipinski definition) is 0. The highest BCUT2D eigenvalue weighted by atomic mass is 13.7. The molecular weight excluding hydrogens is 96.1 g/mol. The second-order valence-corrected chi connectivity index (χ2v) is 1.55. The zero-order chi connectivity index (χ0) is 6.24. The van der Waals surface area contributed by atoms with Crippen LogP contribution in [0.15, 0.2) is 24.3 Å². The molecule has 0 rings (SSSR count). The van der Waals surface area contributed by atoms with Gasteiger partial charge in [0.2, 0.25) is 0 Å². The first-order chi connectivity index (χ1) is 3.91. The molecule has 0 aromatic rings. The van der Waals surface area contributed by atoms with E-state index in [1.807, 2.05) is 25.5 Å². The molecule has 0 atom stereocenters. The van der Waals surface area contributed by atoms with Crippen molar-refractivity contribution in [3.05, 3.63) is 30.7 Å². The van der Waals surface area contributed by atoms with E-state index in [0.29, 0.717) is 0 Å². The molecular formula is C8H13. The van der Waals surface area contributed by atoms with Crippen LogP contribution in [-0.4, -0.2) is 0 Å². The van der Waals surface area contributed by atoms with Gasteiger partial charge < -0.3 is 0 Å². The summed E-state index contributed by atoms with van der Waals surface area (Å²) < 4.78 is 0. The van der Waals surface area contributed by atoms with Crippen LogP contribution < -0.4 is 0 Å². The lowest BCUT2D eigenvalue weighted by Crippen LogP contribution is -1.57. The second kappa shape index (κ2) is 6.48. The zero-order valence-electron chi connectivity index (χ0n) is 5.59. The van der Waals surface area contributed by atoms with E-state index in [4.69, 9.17) is 0 Å². The van der Waals surface area contributed by atoms with E-state index in [0.717, 1.165) is 6.42 Å². The Hall–Kier alpha value is -0.520. The third-order valence-corrected chi connectivity index (χ3v) is 0.786. The summed E-state index contributed by atoms with van der Waals surface area (Å²) in [5, 5.41) is 0. The van der Waals surface area contributed by atoms with Crippen LogP contribution in [0.5, 0.6) is 0 Å². The minimum Gasteiger partial charge on any atom is -0.0910 e. The highest BCUT2D eigenvalue weighted by molar-refractivity contribution is 5.06. The molecule has 0 aliphatic heterocycles. The monoisotopic (exact) mass is 109 g/mol. The standard InChI is InChI=1S/C8H13/c1-3-5-7-8-6-4-2/h3,5-8H,4H2,1-2H3/b5-3+,8-6+. The molecule has 0 heteroatoms. The van der Waals surface area contributed by atoms with Gasteiger partial charge in [0, 0.05) is 6.42 Å². The molecule has 0 unspecified atom stereocenters. The molecule has 0 saturated carbocycles. The Bertz CT molecular complexity index is 78.0. The van der Waals surface area contributed by atoms with E-state index in [1.165, 1.54) is 0 Å². The Morgan fingerprint density at radius 3 is 2.50 bits per heavy atom. The molecule has 0 aromatic heterocycles. The molecule has 0 nitrogen and oxygen atoms in total. The predicted molar refractivity (Wildman–Crippen MR) is 38.5 cm³/mol. The largest absolute Gasteiger partial charge is 0.0910 e. The van der Waals surface area contributed by atoms with Gasteiger partial charge in [-0.05, 0) is 13.3 Å². The number of hydrogen-bond acceptors (Lipinski definition) is 0. The summed E-state index contributed by atoms with van der Waals surface area (Å²) in [5.74, 6) is 0. The molecule has 0 aliphatic rings. The first kappa shape index (κ1) is 7.48. The molecule has 8 heavy (non-hydrogen) atoms. The first-order valence-corrected chi connectivity index (χ1v) is 3.03. The van der Waals surface area contributed by atoms with Crippen LogP contribution in [0.1, 0.15) is 20.3 Å². The molecule has 0 saturated heterocycles. The maximum absolute atomic E-state index is 2.12. The predicted octanol–water partition coefficient (Wildman–Crippen LogP) is 2.73. The third kappa shape index (κ3) is 5.48. The van der Waals surface area contributed by atoms with Crippen molar-refractivity contribution in [3.8, 4) is 0 Å². The topological polar surface area (TPSA) is 0 Å². The first-order valence-electron chi connectivity index (χ1n) is 3.03. The Labute approximate surface area is 51.9 Å². The van der Waals surface area contributed by atoms with Gasteiger partial charge in [0.25, 0.3) is 0 Å². The van der Waals surface area contributed by atoms with Crippen LogP contribution in [0.3, 0.4) is 0 Å². The van der Waals surface area contributed by atoms with E-state index in [9.17, 15) is 0 Å². The van der Waals surface area contributed by atoms with Crippen LogP contribution in [0.4, 0.5) is 0 Å². The summed E-state index contributed by atoms with van der Waals surface area (Å²) >= 11 is 0. The van der Waals surface area contributed by atoms with E-state index >= 15 is 0 Å². The van der Waals surface area contributed by atoms with E-state index in [-0.39, 0.29) is 0 Å². The van der Waals surface area contributed by atoms with Crippen LogP contribution in [0.2, 0.25) is 0 Å². The average Bonchev–Trinajstić information content (AvgIpc) is 1.81. The SMILES string of the molecule is C/C=C/[CH]/C=C/CC. The molecule has 0 spiro atoms. The summed E-state index contributed by atoms with van der Waals surface area (Å²) in [6.07, 6.45) is 11.4. The van der Waals surface area contributed by atoms with Crippen molar-refractivity contribution in [2.45, 2.75) is 20.3 Å². The second-order valence-electron chi connectivity index (χ2n) is 1.55. The third-order valence-electron chi connectivity index (χ3n) is 0.786. The molecule has 0 amide bonds. The Balaban J connectivity index is 3.03. The summed E-state index contributed by atoms with van der Waals surface area (Å²) in [5.41, 5.74) is 0. The molecule has 0 bridgehead atoms. The van der Waals surface area contributed by atoms with Gasteiger partial charge in [-0.2, -0.15) is 0 Å². The van der Waals surface area contributed by atoms with E-state index < -0.39 is 0 Å². The van der Waals surface area contributed by atoms with Gasteiger partial charge in [0.15, 0.2) is 0 Å². The van der Waals surface area contributed by atoms with Crippen molar-refractivity contribution in [3.63, 3.8) is 0 Å². The quantitative estimate of drug-likeness (QED) is 0.522. The Morgan fingerprint density at radius 1 is 1.25 bits per heavy atom. The van der Waals surface area contributed by atoms with Crippen molar-refractivity contribution in [1.82, 2.24) is 0 Å². The summed E-state index contributed by atoms with van der Waals surface area (Å²) in [4.78, 5) is 0. The summed E-state index contributed by atoms with van der Waals surface area (Å²) in [7, 11) is 0. The molecule has 0 heterocycles. The fourth-order valence-electron chi connectivity index (χ4n) is 0.390. The average molecular weight is 109 g/mol. The Morgan fingerprint density at radius 2 is 2.00 bits per heavy atom. The van der Waals surface area contributed by atoms with Crippen LogP contribution in [0, 0.1) is 6.42 Å². The fourth-order valence-corrected chi connectivity index (χ4v) is 0.390. The summed E-state index contributed by atoms with van der Waals surface area (Å²) in [6.45, 7) is 4.14. The van der Waals surface area contributed by atoms with E-state index in [2.05, 4.69) is 19.1 Å². The minimum atomic E-state index is 1.12. The van der Waals surface area contributed by atoms with E-state index in [1.54, 1.807) is 0 Å². The van der Waals surface area contributed by atoms with Crippen LogP contribution >= 0.6 is 0 Å². The van der Waals surface area contributed by atoms with Crippen molar-refractivity contribution >= 4 is 0 Å². The molecule has 0 aromatic carbocycles. The van der Waals surface area contributed by atoms with Crippen molar-refractivity contribution in [2.75, 3.05) is 0 Å². The molecule has 1 radical (unpaired) electrons. The van der Waals surface area contributed by atoms with Gasteiger partial charge in [-0.3, -0.25) is 0 Å². The van der Waals surface area contributed by atoms with Gasteiger partial charge >= 0.3 is 0 Å². The summed E-state index contributed by atoms with van der Waals surface area (Å²) in [6, 6.07) is 0. The smallest absolute Gasteiger partial charge is 0.00440 e. The van der Waals surface area contributed by atoms with Crippen LogP contribution in [-0.2, 0) is 0 Å². The normalized spacial score (nSPS) is 11.8. The number of rotatable bonds is 3. The highest BCUT2D eigenvalue weighted by Gasteiger charge is 1.66. The lowest BCUT2D eigenvalue weighted by atomic mass is 10.3. The molecule has 0 aliphatic carbocycles. The van der Waals surface area contributed by atoms with Gasteiger partial charge in [-0.25, -0.2) is 0 Å². The minimum absolute atomic E-state index is 1.12. The van der Waals surface area contributed by atoms with Crippen LogP contribution in [0.25, 0.3) is 0 Å². The fraction of sp³-hybridized carbons (Fsp3) is 0.375. The van der Waals surface area contributed by atoms with Crippen molar-refractivity contribution < 1.29 is 0 Å². The maximum Gasteiger partial charge on any atom is 0.00440 e. The maximum atomic E-state index is 2.12. The van der Waals surface area contributed by atoms with Gasteiger partial charge in [0.05, 0.1) is 0 Å². The van der Waals surface area contributed by atoms with Crippen molar-refractivity contribution in [1.29, 1.82) is 0 Å². The Kier molecular flexibility index (Phi) is 6.06. The molecule has 0 N–H and O–H groups in total. The number of allylic oxidation sites excluding steroid dienone is 4. The highest BCUT2D eigenvalue weighted by Crippen LogP contribution is 1.85. The lowest BCUT2D eigenvalue weighted by Gasteiger charge is -1.76. The lowest BCUT2D eigenvalue weighted by molar-refractivity contribution is 1.22. The molecule has 0 fully saturated rings. The van der Waals surface area contributed by atoms with Gasteiger partial charge in [0.1, 0.15) is 0 Å². The molecule has 45 valence electrons. The zero-order valence-corrected chi connectivity index (χ0v) is 5.59.